The van der Waals surface area contributed by atoms with Gasteiger partial charge >= 0.3 is 0 Å². The first-order valence-electron chi connectivity index (χ1n) is 20.3. The lowest BCUT2D eigenvalue weighted by molar-refractivity contribution is -0.571. The van der Waals surface area contributed by atoms with Crippen molar-refractivity contribution in [1.82, 2.24) is 9.13 Å². The predicted octanol–water partition coefficient (Wildman–Crippen LogP) is 12.4. The summed E-state index contributed by atoms with van der Waals surface area (Å²) in [4.78, 5) is 0. The zero-order chi connectivity index (χ0) is 39.8. The van der Waals surface area contributed by atoms with E-state index in [1.54, 1.807) is 0 Å². The van der Waals surface area contributed by atoms with Gasteiger partial charge in [0.25, 0.3) is 12.7 Å². The molecule has 0 fully saturated rings. The number of para-hydroxylation sites is 6. The smallest absolute Gasteiger partial charge is 0.269 e. The monoisotopic (exact) mass is 766 g/mol. The van der Waals surface area contributed by atoms with Gasteiger partial charge in [0.15, 0.2) is 0 Å². The summed E-state index contributed by atoms with van der Waals surface area (Å²) in [7, 11) is 0. The molecule has 4 nitrogen and oxygen atoms in total. The Kier molecular flexibility index (Phi) is 8.79. The molecule has 4 heteroatoms. The molecule has 0 unspecified atom stereocenters. The number of nitrogens with zero attached hydrogens (tertiary/aromatic N) is 4. The van der Waals surface area contributed by atoms with Crippen molar-refractivity contribution in [3.05, 3.63) is 243 Å². The van der Waals surface area contributed by atoms with Crippen molar-refractivity contribution in [3.63, 3.8) is 0 Å². The Morgan fingerprint density at radius 3 is 0.933 bits per heavy atom. The van der Waals surface area contributed by atoms with Crippen molar-refractivity contribution in [2.45, 2.75) is 0 Å². The van der Waals surface area contributed by atoms with Crippen LogP contribution < -0.4 is 9.13 Å². The molecule has 0 saturated heterocycles. The van der Waals surface area contributed by atoms with Crippen molar-refractivity contribution >= 4 is 22.1 Å². The molecular weight excluding hydrogens is 729 g/mol. The molecule has 0 N–H and O–H groups in total. The molecule has 0 amide bonds. The van der Waals surface area contributed by atoms with E-state index in [9.17, 15) is 0 Å². The fourth-order valence-electron chi connectivity index (χ4n) is 8.58. The number of hydrogen-bond donors (Lipinski definition) is 0. The first kappa shape index (κ1) is 35.1. The van der Waals surface area contributed by atoms with E-state index in [0.717, 1.165) is 89.3 Å². The van der Waals surface area contributed by atoms with Crippen LogP contribution in [0, 0.1) is 12.7 Å². The predicted molar refractivity (Wildman–Crippen MR) is 243 cm³/mol. The van der Waals surface area contributed by atoms with E-state index in [0.29, 0.717) is 0 Å². The zero-order valence-electron chi connectivity index (χ0n) is 32.7. The molecular formula is C56H38N4. The standard InChI is InChI=1S/C56H38N4/c1-5-20-41(21-6-1)47-30-18-31-48(42-22-7-2-8-23-42)55(47)59-39-57(51-34-13-15-36-53(51)59)45-28-17-29-46(38-45)58-40-60(54-37-16-14-35-52(54)58)56-49(43-24-9-3-10-25-43)32-19-33-50(56)44-26-11-4-12-27-44/h1-38H. The van der Waals surface area contributed by atoms with E-state index in [-0.39, 0.29) is 0 Å². The highest BCUT2D eigenvalue weighted by Crippen LogP contribution is 2.36. The third kappa shape index (κ3) is 6.10. The minimum absolute atomic E-state index is 0.994. The summed E-state index contributed by atoms with van der Waals surface area (Å²) in [5.41, 5.74) is 17.5. The van der Waals surface area contributed by atoms with Crippen LogP contribution in [0.15, 0.2) is 231 Å². The lowest BCUT2D eigenvalue weighted by Gasteiger charge is -2.17. The Hall–Kier alpha value is -8.08. The summed E-state index contributed by atoms with van der Waals surface area (Å²) >= 11 is 0. The minimum atomic E-state index is 0.994. The van der Waals surface area contributed by atoms with E-state index in [2.05, 4.69) is 261 Å². The van der Waals surface area contributed by atoms with Crippen molar-refractivity contribution in [2.24, 2.45) is 0 Å². The highest BCUT2D eigenvalue weighted by Gasteiger charge is 2.22. The maximum Gasteiger partial charge on any atom is 0.269 e. The van der Waals surface area contributed by atoms with Crippen LogP contribution in [0.5, 0.6) is 0 Å². The lowest BCUT2D eigenvalue weighted by Crippen LogP contribution is -2.31. The van der Waals surface area contributed by atoms with Gasteiger partial charge in [-0.05, 0) is 50.6 Å². The van der Waals surface area contributed by atoms with Gasteiger partial charge in [0.05, 0.1) is 44.8 Å². The van der Waals surface area contributed by atoms with E-state index in [1.807, 2.05) is 0 Å². The van der Waals surface area contributed by atoms with Gasteiger partial charge in [0.1, 0.15) is 0 Å². The van der Waals surface area contributed by atoms with E-state index < -0.39 is 0 Å². The third-order valence-corrected chi connectivity index (χ3v) is 11.3. The number of fused-ring (bicyclic) bond motifs is 2. The number of aromatic nitrogens is 4. The maximum absolute atomic E-state index is 3.85. The first-order valence-corrected chi connectivity index (χ1v) is 20.3. The Balaban J connectivity index is 1.11. The summed E-state index contributed by atoms with van der Waals surface area (Å²) < 4.78 is 8.85. The van der Waals surface area contributed by atoms with Crippen LogP contribution >= 0.6 is 0 Å². The summed E-state index contributed by atoms with van der Waals surface area (Å²) in [6.45, 7) is 0. The van der Waals surface area contributed by atoms with Crippen LogP contribution in [0.3, 0.4) is 0 Å². The van der Waals surface area contributed by atoms with Gasteiger partial charge in [0, 0.05) is 0 Å². The Bertz CT molecular complexity index is 2960. The molecule has 0 saturated carbocycles. The molecule has 11 rings (SSSR count). The largest absolute Gasteiger partial charge is 0.292 e. The molecule has 0 aliphatic carbocycles. The Morgan fingerprint density at radius 1 is 0.283 bits per heavy atom. The molecule has 11 aromatic rings. The molecule has 0 bridgehead atoms. The molecule has 2 heterocycles. The van der Waals surface area contributed by atoms with Gasteiger partial charge in [-0.3, -0.25) is 18.3 Å². The highest BCUT2D eigenvalue weighted by molar-refractivity contribution is 5.86. The lowest BCUT2D eigenvalue weighted by atomic mass is 9.95. The van der Waals surface area contributed by atoms with Gasteiger partial charge in [-0.2, -0.15) is 0 Å². The average molecular weight is 767 g/mol. The topological polar surface area (TPSA) is 17.6 Å². The molecule has 282 valence electrons. The second-order valence-electron chi connectivity index (χ2n) is 14.9. The third-order valence-electron chi connectivity index (χ3n) is 11.3. The summed E-state index contributed by atoms with van der Waals surface area (Å²) in [5, 5.41) is 0. The van der Waals surface area contributed by atoms with Crippen molar-refractivity contribution < 1.29 is 9.13 Å². The number of benzene rings is 9. The van der Waals surface area contributed by atoms with Crippen LogP contribution in [-0.4, -0.2) is 9.13 Å². The fourth-order valence-corrected chi connectivity index (χ4v) is 8.58. The molecule has 2 aromatic heterocycles. The number of hydrogen-bond acceptors (Lipinski definition) is 0. The second-order valence-corrected chi connectivity index (χ2v) is 14.9. The summed E-state index contributed by atoms with van der Waals surface area (Å²) in [6.07, 6.45) is 7.70. The molecule has 0 radical (unpaired) electrons. The molecule has 0 aliphatic rings. The zero-order valence-corrected chi connectivity index (χ0v) is 32.7. The normalized spacial score (nSPS) is 11.3. The van der Waals surface area contributed by atoms with Crippen LogP contribution in [0.2, 0.25) is 0 Å². The van der Waals surface area contributed by atoms with Gasteiger partial charge < -0.3 is 0 Å². The minimum Gasteiger partial charge on any atom is -0.292 e. The van der Waals surface area contributed by atoms with Crippen LogP contribution in [0.4, 0.5) is 0 Å². The number of rotatable bonds is 8. The van der Waals surface area contributed by atoms with Crippen LogP contribution in [0.25, 0.3) is 89.3 Å². The van der Waals surface area contributed by atoms with Gasteiger partial charge in [-0.1, -0.05) is 224 Å². The van der Waals surface area contributed by atoms with Crippen LogP contribution in [-0.2, 0) is 0 Å². The summed E-state index contributed by atoms with van der Waals surface area (Å²) in [5.74, 6) is 0. The van der Waals surface area contributed by atoms with Crippen LogP contribution in [0.1, 0.15) is 0 Å². The Morgan fingerprint density at radius 2 is 0.583 bits per heavy atom. The molecule has 0 atom stereocenters. The highest BCUT2D eigenvalue weighted by atomic mass is 15.2. The maximum atomic E-state index is 3.85. The van der Waals surface area contributed by atoms with Gasteiger partial charge in [0.2, 0.25) is 0 Å². The first-order chi connectivity index (χ1) is 29.8. The van der Waals surface area contributed by atoms with E-state index in [1.165, 1.54) is 0 Å². The molecule has 0 spiro atoms. The summed E-state index contributed by atoms with van der Waals surface area (Å²) in [6, 6.07) is 81.6. The number of imidazole rings is 2. The quantitative estimate of drug-likeness (QED) is 0.108. The van der Waals surface area contributed by atoms with Gasteiger partial charge in [-0.25, -0.2) is 0 Å². The van der Waals surface area contributed by atoms with Gasteiger partial charge in [-0.15, -0.1) is 0 Å². The Labute approximate surface area is 349 Å². The average Bonchev–Trinajstić information content (AvgIpc) is 3.92. The molecule has 9 aromatic carbocycles. The van der Waals surface area contributed by atoms with E-state index in [4.69, 9.17) is 0 Å². The van der Waals surface area contributed by atoms with Crippen molar-refractivity contribution in [1.29, 1.82) is 0 Å². The van der Waals surface area contributed by atoms with Crippen molar-refractivity contribution in [2.75, 3.05) is 0 Å². The second kappa shape index (κ2) is 15.0. The van der Waals surface area contributed by atoms with Crippen molar-refractivity contribution in [3.8, 4) is 67.3 Å². The molecule has 60 heavy (non-hydrogen) atoms. The van der Waals surface area contributed by atoms with E-state index >= 15 is 0 Å². The fraction of sp³-hybridized carbons (Fsp3) is 0. The molecule has 0 aliphatic heterocycles. The SMILES string of the molecule is [c-]1n(-c2cccc(-n3[c-][n+](-c4c(-c5ccccc5)cccc4-c4ccccc4)c4ccccc43)c2)c2ccccc2[n+]1-c1c(-c2ccccc2)cccc1-c1ccccc1.